The molecule has 3 aromatic rings. The maximum Gasteiger partial charge on any atom is 0.273 e. The lowest BCUT2D eigenvalue weighted by Gasteiger charge is -2.19. The number of halogens is 1. The summed E-state index contributed by atoms with van der Waals surface area (Å²) in [5.74, 6) is -0.591. The number of anilines is 1. The largest absolute Gasteiger partial charge is 0.497 e. The van der Waals surface area contributed by atoms with Crippen LogP contribution >= 0.6 is 11.8 Å². The summed E-state index contributed by atoms with van der Waals surface area (Å²) in [6, 6.07) is 19.7. The third-order valence-electron chi connectivity index (χ3n) is 4.76. The zero-order valence-electron chi connectivity index (χ0n) is 16.8. The zero-order chi connectivity index (χ0) is 22.0. The van der Waals surface area contributed by atoms with Crippen LogP contribution in [0.15, 0.2) is 82.6 Å². The first-order chi connectivity index (χ1) is 15.0. The van der Waals surface area contributed by atoms with Gasteiger partial charge in [-0.05, 0) is 42.0 Å². The molecular weight excluding hydrogens is 417 g/mol. The topological polar surface area (TPSA) is 55.8 Å². The van der Waals surface area contributed by atoms with Gasteiger partial charge in [0.1, 0.15) is 17.3 Å². The Labute approximate surface area is 183 Å². The van der Waals surface area contributed by atoms with Crippen LogP contribution in [0.3, 0.4) is 0 Å². The lowest BCUT2D eigenvalue weighted by Crippen LogP contribution is -2.31. The molecular formula is C24H18FNO4S. The van der Waals surface area contributed by atoms with E-state index in [1.165, 1.54) is 50.2 Å². The average molecular weight is 435 g/mol. The molecule has 2 amide bonds. The van der Waals surface area contributed by atoms with Gasteiger partial charge in [-0.2, -0.15) is 0 Å². The minimum Gasteiger partial charge on any atom is -0.497 e. The van der Waals surface area contributed by atoms with Gasteiger partial charge in [-0.25, -0.2) is 9.29 Å². The molecule has 4 rings (SSSR count). The Kier molecular flexibility index (Phi) is 5.77. The Morgan fingerprint density at radius 1 is 0.839 bits per heavy atom. The van der Waals surface area contributed by atoms with Crippen molar-refractivity contribution in [2.75, 3.05) is 19.1 Å². The highest BCUT2D eigenvalue weighted by atomic mass is 32.2. The highest BCUT2D eigenvalue weighted by molar-refractivity contribution is 8.04. The molecule has 0 N–H and O–H groups in total. The van der Waals surface area contributed by atoms with Crippen LogP contribution in [0.5, 0.6) is 11.5 Å². The van der Waals surface area contributed by atoms with Crippen LogP contribution in [-0.4, -0.2) is 26.0 Å². The van der Waals surface area contributed by atoms with Gasteiger partial charge in [-0.15, -0.1) is 0 Å². The molecule has 0 aromatic heterocycles. The number of amides is 2. The van der Waals surface area contributed by atoms with Crippen molar-refractivity contribution in [3.05, 3.63) is 89.1 Å². The number of ether oxygens (including phenoxy) is 2. The lowest BCUT2D eigenvalue weighted by atomic mass is 10.1. The van der Waals surface area contributed by atoms with Crippen molar-refractivity contribution in [2.24, 2.45) is 0 Å². The Balaban J connectivity index is 1.85. The number of rotatable bonds is 6. The second-order valence-electron chi connectivity index (χ2n) is 6.61. The highest BCUT2D eigenvalue weighted by Gasteiger charge is 2.41. The fourth-order valence-corrected chi connectivity index (χ4v) is 4.29. The predicted molar refractivity (Wildman–Crippen MR) is 118 cm³/mol. The van der Waals surface area contributed by atoms with Gasteiger partial charge >= 0.3 is 0 Å². The summed E-state index contributed by atoms with van der Waals surface area (Å²) in [5, 5.41) is 0. The van der Waals surface area contributed by atoms with E-state index in [9.17, 15) is 14.0 Å². The second-order valence-corrected chi connectivity index (χ2v) is 7.69. The van der Waals surface area contributed by atoms with Gasteiger partial charge in [0.25, 0.3) is 11.8 Å². The van der Waals surface area contributed by atoms with Crippen LogP contribution in [0.1, 0.15) is 5.56 Å². The van der Waals surface area contributed by atoms with E-state index >= 15 is 0 Å². The Hall–Kier alpha value is -3.58. The van der Waals surface area contributed by atoms with Gasteiger partial charge in [-0.3, -0.25) is 9.59 Å². The molecule has 1 aliphatic rings. The minimum atomic E-state index is -0.512. The molecule has 1 aliphatic heterocycles. The molecule has 3 aromatic carbocycles. The lowest BCUT2D eigenvalue weighted by molar-refractivity contribution is -0.119. The van der Waals surface area contributed by atoms with Gasteiger partial charge < -0.3 is 9.47 Å². The predicted octanol–water partition coefficient (Wildman–Crippen LogP) is 4.92. The SMILES string of the molecule is COc1ccc(OC)c(N2C(=O)C(Sc3ccccc3)=C(c3ccc(F)cc3)C2=O)c1. The number of methoxy groups -OCH3 is 2. The highest BCUT2D eigenvalue weighted by Crippen LogP contribution is 2.44. The standard InChI is InChI=1S/C24H18FNO4S/c1-29-17-12-13-20(30-2)19(14-17)26-23(27)21(15-8-10-16(25)11-9-15)22(24(26)28)31-18-6-4-3-5-7-18/h3-14H,1-2H3. The summed E-state index contributed by atoms with van der Waals surface area (Å²) in [7, 11) is 2.96. The molecule has 0 aliphatic carbocycles. The number of hydrogen-bond donors (Lipinski definition) is 0. The number of imide groups is 1. The Morgan fingerprint density at radius 2 is 1.55 bits per heavy atom. The van der Waals surface area contributed by atoms with Crippen LogP contribution in [0.25, 0.3) is 5.57 Å². The third kappa shape index (κ3) is 3.92. The first kappa shape index (κ1) is 20.7. The van der Waals surface area contributed by atoms with E-state index in [0.29, 0.717) is 17.1 Å². The van der Waals surface area contributed by atoms with Crippen molar-refractivity contribution in [2.45, 2.75) is 4.90 Å². The Morgan fingerprint density at radius 3 is 2.19 bits per heavy atom. The van der Waals surface area contributed by atoms with E-state index in [2.05, 4.69) is 0 Å². The van der Waals surface area contributed by atoms with Crippen LogP contribution in [0.4, 0.5) is 10.1 Å². The third-order valence-corrected chi connectivity index (χ3v) is 5.86. The van der Waals surface area contributed by atoms with E-state index in [-0.39, 0.29) is 16.2 Å². The van der Waals surface area contributed by atoms with Gasteiger partial charge in [0.05, 0.1) is 30.4 Å². The first-order valence-corrected chi connectivity index (χ1v) is 10.2. The van der Waals surface area contributed by atoms with E-state index < -0.39 is 17.6 Å². The fourth-order valence-electron chi connectivity index (χ4n) is 3.27. The molecule has 156 valence electrons. The number of carbonyl (C=O) groups excluding carboxylic acids is 2. The molecule has 0 atom stereocenters. The van der Waals surface area contributed by atoms with Crippen molar-refractivity contribution in [3.63, 3.8) is 0 Å². The van der Waals surface area contributed by atoms with Crippen molar-refractivity contribution < 1.29 is 23.5 Å². The number of benzene rings is 3. The van der Waals surface area contributed by atoms with Gasteiger partial charge in [-0.1, -0.05) is 42.1 Å². The molecule has 0 fully saturated rings. The summed E-state index contributed by atoms with van der Waals surface area (Å²) in [6.07, 6.45) is 0. The van der Waals surface area contributed by atoms with Crippen LogP contribution in [0, 0.1) is 5.82 Å². The van der Waals surface area contributed by atoms with Crippen molar-refractivity contribution in [3.8, 4) is 11.5 Å². The van der Waals surface area contributed by atoms with Crippen LogP contribution in [0.2, 0.25) is 0 Å². The number of hydrogen-bond acceptors (Lipinski definition) is 5. The summed E-state index contributed by atoms with van der Waals surface area (Å²) in [4.78, 5) is 29.1. The first-order valence-electron chi connectivity index (χ1n) is 9.37. The van der Waals surface area contributed by atoms with Crippen molar-refractivity contribution in [1.29, 1.82) is 0 Å². The molecule has 0 saturated heterocycles. The maximum absolute atomic E-state index is 13.5. The van der Waals surface area contributed by atoms with Gasteiger partial charge in [0, 0.05) is 11.0 Å². The maximum atomic E-state index is 13.5. The minimum absolute atomic E-state index is 0.212. The molecule has 0 spiro atoms. The smallest absolute Gasteiger partial charge is 0.273 e. The molecule has 0 unspecified atom stereocenters. The molecule has 0 bridgehead atoms. The van der Waals surface area contributed by atoms with Crippen LogP contribution < -0.4 is 14.4 Å². The summed E-state index contributed by atoms with van der Waals surface area (Å²) in [5.41, 5.74) is 0.950. The van der Waals surface area contributed by atoms with E-state index in [4.69, 9.17) is 9.47 Å². The Bertz CT molecular complexity index is 1180. The van der Waals surface area contributed by atoms with Gasteiger partial charge in [0.2, 0.25) is 0 Å². The number of thioether (sulfide) groups is 1. The second kappa shape index (κ2) is 8.65. The van der Waals surface area contributed by atoms with Gasteiger partial charge in [0.15, 0.2) is 0 Å². The molecule has 5 nitrogen and oxygen atoms in total. The summed E-state index contributed by atoms with van der Waals surface area (Å²) >= 11 is 1.19. The van der Waals surface area contributed by atoms with Crippen LogP contribution in [-0.2, 0) is 9.59 Å². The zero-order valence-corrected chi connectivity index (χ0v) is 17.6. The van der Waals surface area contributed by atoms with E-state index in [1.54, 1.807) is 18.2 Å². The normalized spacial score (nSPS) is 13.7. The number of nitrogens with zero attached hydrogens (tertiary/aromatic N) is 1. The molecule has 31 heavy (non-hydrogen) atoms. The van der Waals surface area contributed by atoms with Crippen molar-refractivity contribution >= 4 is 34.8 Å². The van der Waals surface area contributed by atoms with Crippen molar-refractivity contribution in [1.82, 2.24) is 0 Å². The quantitative estimate of drug-likeness (QED) is 0.515. The van der Waals surface area contributed by atoms with E-state index in [1.807, 2.05) is 30.3 Å². The molecule has 0 saturated carbocycles. The van der Waals surface area contributed by atoms with E-state index in [0.717, 1.165) is 9.80 Å². The fraction of sp³-hybridized carbons (Fsp3) is 0.0833. The molecule has 0 radical (unpaired) electrons. The molecule has 1 heterocycles. The average Bonchev–Trinajstić information content (AvgIpc) is 3.04. The summed E-state index contributed by atoms with van der Waals surface area (Å²) < 4.78 is 24.2. The number of carbonyl (C=O) groups is 2. The molecule has 7 heteroatoms. The summed E-state index contributed by atoms with van der Waals surface area (Å²) in [6.45, 7) is 0. The monoisotopic (exact) mass is 435 g/mol.